The maximum absolute atomic E-state index is 12.3. The number of rotatable bonds is 13. The monoisotopic (exact) mass is 587 g/mol. The topological polar surface area (TPSA) is 238 Å². The first-order chi connectivity index (χ1) is 20.1. The van der Waals surface area contributed by atoms with Crippen molar-refractivity contribution < 1.29 is 48.9 Å². The molecule has 0 radical (unpaired) electrons. The lowest BCUT2D eigenvalue weighted by molar-refractivity contribution is -0.165. The summed E-state index contributed by atoms with van der Waals surface area (Å²) >= 11 is 0. The summed E-state index contributed by atoms with van der Waals surface area (Å²) in [4.78, 5) is 56.3. The van der Waals surface area contributed by atoms with Crippen LogP contribution in [0.5, 0.6) is 5.88 Å². The molecule has 3 aromatic heterocycles. The lowest BCUT2D eigenvalue weighted by atomic mass is 9.83. The minimum atomic E-state index is -2.27. The number of methoxy groups -OCH3 is 1. The van der Waals surface area contributed by atoms with E-state index in [1.807, 2.05) is 18.3 Å². The number of Topliss-reactive ketones (excluding diaryl/α,β-unsaturated/α-hetero) is 1. The van der Waals surface area contributed by atoms with Gasteiger partial charge in [-0.15, -0.1) is 0 Å². The van der Waals surface area contributed by atoms with Gasteiger partial charge in [-0.3, -0.25) is 9.59 Å². The third-order valence-electron chi connectivity index (χ3n) is 6.69. The first-order valence-electron chi connectivity index (χ1n) is 13.2. The molecule has 0 aliphatic carbocycles. The SMILES string of the molecule is COc1ncccc1-c1c[nH]c([C@@]2(CCCCCC(=O)c3ccon3)CCCC(=O)N2)n1.O=C(O)[C@H](O)[C@@H](O)C(=O)O. The molecule has 1 amide bonds. The predicted molar refractivity (Wildman–Crippen MR) is 143 cm³/mol. The van der Waals surface area contributed by atoms with Crippen LogP contribution in [0.4, 0.5) is 0 Å². The van der Waals surface area contributed by atoms with E-state index in [0.29, 0.717) is 24.4 Å². The summed E-state index contributed by atoms with van der Waals surface area (Å²) in [7, 11) is 1.58. The van der Waals surface area contributed by atoms with E-state index in [4.69, 9.17) is 34.7 Å². The van der Waals surface area contributed by atoms with Gasteiger partial charge in [0.2, 0.25) is 11.8 Å². The van der Waals surface area contributed by atoms with Crippen LogP contribution in [0.1, 0.15) is 67.7 Å². The van der Waals surface area contributed by atoms with E-state index in [-0.39, 0.29) is 11.7 Å². The summed E-state index contributed by atoms with van der Waals surface area (Å²) in [5.41, 5.74) is 1.34. The highest BCUT2D eigenvalue weighted by molar-refractivity contribution is 5.93. The minimum absolute atomic E-state index is 0.0134. The molecule has 0 unspecified atom stereocenters. The fraction of sp³-hybridized carbons (Fsp3) is 0.444. The van der Waals surface area contributed by atoms with Crippen molar-refractivity contribution in [2.75, 3.05) is 7.11 Å². The van der Waals surface area contributed by atoms with E-state index in [1.54, 1.807) is 19.4 Å². The quantitative estimate of drug-likeness (QED) is 0.123. The van der Waals surface area contributed by atoms with E-state index in [9.17, 15) is 19.2 Å². The number of hydrogen-bond donors (Lipinski definition) is 6. The summed E-state index contributed by atoms with van der Waals surface area (Å²) in [5, 5.41) is 39.4. The number of carboxylic acids is 2. The van der Waals surface area contributed by atoms with Gasteiger partial charge in [-0.25, -0.2) is 19.6 Å². The molecule has 4 rings (SSSR count). The Labute approximate surface area is 239 Å². The summed E-state index contributed by atoms with van der Waals surface area (Å²) < 4.78 is 10.1. The van der Waals surface area contributed by atoms with Crippen LogP contribution in [0, 0.1) is 0 Å². The van der Waals surface area contributed by atoms with Crippen molar-refractivity contribution in [3.05, 3.63) is 48.4 Å². The van der Waals surface area contributed by atoms with Crippen molar-refractivity contribution in [3.63, 3.8) is 0 Å². The largest absolute Gasteiger partial charge is 0.481 e. The van der Waals surface area contributed by atoms with Gasteiger partial charge < -0.3 is 40.0 Å². The molecule has 15 nitrogen and oxygen atoms in total. The van der Waals surface area contributed by atoms with Crippen molar-refractivity contribution in [2.45, 2.75) is 69.1 Å². The second kappa shape index (κ2) is 14.8. The molecular weight excluding hydrogens is 554 g/mol. The van der Waals surface area contributed by atoms with Crippen LogP contribution in [-0.4, -0.2) is 83.5 Å². The number of unbranched alkanes of at least 4 members (excludes halogenated alkanes) is 2. The number of piperidine rings is 1. The Bertz CT molecular complexity index is 1340. The molecule has 1 saturated heterocycles. The third kappa shape index (κ3) is 8.20. The van der Waals surface area contributed by atoms with E-state index >= 15 is 0 Å². The number of hydrogen-bond acceptors (Lipinski definition) is 11. The number of carbonyl (C=O) groups is 4. The van der Waals surface area contributed by atoms with Gasteiger partial charge in [-0.1, -0.05) is 18.0 Å². The highest BCUT2D eigenvalue weighted by atomic mass is 16.5. The standard InChI is InChI=1S/C23H27N5O4.C4H6O6/c1-31-21-16(7-6-13-24-21)18-15-25-22(26-18)23(12-5-9-20(30)27-23)11-4-2-3-8-19(29)17-10-14-32-28-17;5-1(3(7)8)2(6)4(9)10/h6-7,10,13-15H,2-5,8-9,11-12H2,1H3,(H,25,26)(H,27,30);1-2,5-6H,(H,7,8)(H,9,10)/t23-;1-,2-/m11/s1. The molecule has 0 bridgehead atoms. The van der Waals surface area contributed by atoms with Crippen molar-refractivity contribution in [1.82, 2.24) is 25.4 Å². The predicted octanol–water partition coefficient (Wildman–Crippen LogP) is 1.67. The van der Waals surface area contributed by atoms with E-state index < -0.39 is 29.7 Å². The fourth-order valence-electron chi connectivity index (χ4n) is 4.52. The third-order valence-corrected chi connectivity index (χ3v) is 6.69. The number of aliphatic hydroxyl groups is 2. The van der Waals surface area contributed by atoms with Gasteiger partial charge in [0.25, 0.3) is 0 Å². The Kier molecular flexibility index (Phi) is 11.3. The molecule has 0 spiro atoms. The molecule has 3 atom stereocenters. The van der Waals surface area contributed by atoms with Gasteiger partial charge in [-0.2, -0.15) is 0 Å². The molecule has 15 heteroatoms. The molecule has 4 heterocycles. The Morgan fingerprint density at radius 1 is 1.12 bits per heavy atom. The Morgan fingerprint density at radius 3 is 2.48 bits per heavy atom. The van der Waals surface area contributed by atoms with Crippen molar-refractivity contribution in [3.8, 4) is 17.1 Å². The number of carbonyl (C=O) groups excluding carboxylic acids is 2. The number of ketones is 1. The van der Waals surface area contributed by atoms with E-state index in [1.165, 1.54) is 6.26 Å². The summed E-state index contributed by atoms with van der Waals surface area (Å²) in [6.07, 6.45) is 6.17. The van der Waals surface area contributed by atoms with Crippen molar-refractivity contribution in [2.24, 2.45) is 0 Å². The molecule has 0 aromatic carbocycles. The number of nitrogens with zero attached hydrogens (tertiary/aromatic N) is 3. The highest BCUT2D eigenvalue weighted by Crippen LogP contribution is 2.36. The maximum atomic E-state index is 12.3. The molecule has 1 aliphatic heterocycles. The van der Waals surface area contributed by atoms with Gasteiger partial charge in [0.1, 0.15) is 17.8 Å². The molecule has 6 N–H and O–H groups in total. The van der Waals surface area contributed by atoms with Crippen LogP contribution in [0.2, 0.25) is 0 Å². The van der Waals surface area contributed by atoms with Crippen molar-refractivity contribution >= 4 is 23.6 Å². The van der Waals surface area contributed by atoms with Crippen LogP contribution >= 0.6 is 0 Å². The second-order valence-electron chi connectivity index (χ2n) is 9.61. The average Bonchev–Trinajstić information content (AvgIpc) is 3.70. The summed E-state index contributed by atoms with van der Waals surface area (Å²) in [6.45, 7) is 0. The van der Waals surface area contributed by atoms with Crippen LogP contribution in [-0.2, 0) is 19.9 Å². The van der Waals surface area contributed by atoms with E-state index in [2.05, 4.69) is 20.4 Å². The zero-order valence-electron chi connectivity index (χ0n) is 22.9. The molecule has 42 heavy (non-hydrogen) atoms. The number of pyridine rings is 1. The van der Waals surface area contributed by atoms with Crippen LogP contribution in [0.25, 0.3) is 11.3 Å². The first kappa shape index (κ1) is 31.9. The number of aliphatic hydroxyl groups excluding tert-OH is 2. The van der Waals surface area contributed by atoms with Gasteiger partial charge in [0.05, 0.1) is 23.9 Å². The van der Waals surface area contributed by atoms with Gasteiger partial charge in [0.15, 0.2) is 18.0 Å². The molecule has 1 fully saturated rings. The number of imidazole rings is 1. The Balaban J connectivity index is 0.000000416. The van der Waals surface area contributed by atoms with Crippen LogP contribution < -0.4 is 10.1 Å². The average molecular weight is 588 g/mol. The van der Waals surface area contributed by atoms with Crippen LogP contribution in [0.3, 0.4) is 0 Å². The molecule has 0 saturated carbocycles. The van der Waals surface area contributed by atoms with Crippen LogP contribution in [0.15, 0.2) is 41.4 Å². The zero-order chi connectivity index (χ0) is 30.7. The van der Waals surface area contributed by atoms with Gasteiger partial charge in [-0.05, 0) is 37.8 Å². The van der Waals surface area contributed by atoms with E-state index in [0.717, 1.165) is 55.6 Å². The number of amides is 1. The Hall–Kier alpha value is -4.63. The molecular formula is C27H33N5O10. The number of nitrogens with one attached hydrogen (secondary N) is 2. The minimum Gasteiger partial charge on any atom is -0.481 e. The molecule has 1 aliphatic rings. The zero-order valence-corrected chi connectivity index (χ0v) is 22.9. The number of ether oxygens (including phenoxy) is 1. The number of aliphatic carboxylic acids is 2. The smallest absolute Gasteiger partial charge is 0.335 e. The number of aromatic nitrogens is 4. The van der Waals surface area contributed by atoms with Gasteiger partial charge in [0, 0.05) is 31.3 Å². The second-order valence-corrected chi connectivity index (χ2v) is 9.61. The fourth-order valence-corrected chi connectivity index (χ4v) is 4.52. The summed E-state index contributed by atoms with van der Waals surface area (Å²) in [5.74, 6) is -2.27. The number of carboxylic acid groups (broad SMARTS) is 2. The maximum Gasteiger partial charge on any atom is 0.335 e. The lowest BCUT2D eigenvalue weighted by Crippen LogP contribution is -2.49. The first-order valence-corrected chi connectivity index (χ1v) is 13.2. The summed E-state index contributed by atoms with van der Waals surface area (Å²) in [6, 6.07) is 5.33. The Morgan fingerprint density at radius 2 is 1.86 bits per heavy atom. The number of H-pyrrole nitrogens is 1. The van der Waals surface area contributed by atoms with Gasteiger partial charge >= 0.3 is 11.9 Å². The highest BCUT2D eigenvalue weighted by Gasteiger charge is 2.39. The normalized spacial score (nSPS) is 17.7. The molecule has 226 valence electrons. The van der Waals surface area contributed by atoms with Crippen molar-refractivity contribution in [1.29, 1.82) is 0 Å². The lowest BCUT2D eigenvalue weighted by Gasteiger charge is -2.36. The molecule has 3 aromatic rings. The number of aromatic amines is 1.